The second kappa shape index (κ2) is 6.45. The Bertz CT molecular complexity index is 944. The van der Waals surface area contributed by atoms with Gasteiger partial charge in [0.1, 0.15) is 0 Å². The number of carbonyl (C=O) groups is 1. The summed E-state index contributed by atoms with van der Waals surface area (Å²) in [7, 11) is -0.629. The molecule has 9 heteroatoms. The molecule has 2 aromatic carbocycles. The molecular weight excluding hydrogens is 368 g/mol. The average Bonchev–Trinajstić information content (AvgIpc) is 3.01. The molecule has 1 amide bonds. The highest BCUT2D eigenvalue weighted by molar-refractivity contribution is 7.92. The third-order valence-corrected chi connectivity index (χ3v) is 5.20. The van der Waals surface area contributed by atoms with Crippen LogP contribution in [0.5, 0.6) is 11.5 Å². The van der Waals surface area contributed by atoms with Crippen LogP contribution in [0, 0.1) is 0 Å². The molecule has 0 radical (unpaired) electrons. The predicted molar refractivity (Wildman–Crippen MR) is 92.8 cm³/mol. The molecule has 1 aliphatic heterocycles. The molecule has 0 saturated heterocycles. The van der Waals surface area contributed by atoms with Crippen molar-refractivity contribution in [1.29, 1.82) is 0 Å². The number of nitrogens with zero attached hydrogens (tertiary/aromatic N) is 1. The Labute approximate surface area is 150 Å². The summed E-state index contributed by atoms with van der Waals surface area (Å²) in [5.41, 5.74) is 0.538. The van der Waals surface area contributed by atoms with E-state index in [0.29, 0.717) is 11.5 Å². The Morgan fingerprint density at radius 1 is 1.12 bits per heavy atom. The highest BCUT2D eigenvalue weighted by Gasteiger charge is 2.21. The molecule has 0 atom stereocenters. The maximum atomic E-state index is 12.5. The maximum Gasteiger partial charge on any atom is 0.262 e. The summed E-state index contributed by atoms with van der Waals surface area (Å²) in [6, 6.07) is 8.68. The van der Waals surface area contributed by atoms with Gasteiger partial charge in [0.15, 0.2) is 11.5 Å². The summed E-state index contributed by atoms with van der Waals surface area (Å²) < 4.78 is 37.8. The molecule has 0 bridgehead atoms. The lowest BCUT2D eigenvalue weighted by atomic mass is 10.2. The Balaban J connectivity index is 1.86. The molecule has 3 rings (SSSR count). The van der Waals surface area contributed by atoms with Crippen molar-refractivity contribution in [2.75, 3.05) is 25.6 Å². The number of sulfonamides is 1. The standard InChI is InChI=1S/C16H15ClN2O5S/c1-19(2)16(20)12-5-3-10(7-13(12)17)18-25(21,22)11-4-6-14-15(8-11)24-9-23-14/h3-8,18H,9H2,1-2H3. The summed E-state index contributed by atoms with van der Waals surface area (Å²) in [5.74, 6) is 0.594. The lowest BCUT2D eigenvalue weighted by molar-refractivity contribution is 0.0828. The molecule has 1 heterocycles. The van der Waals surface area contributed by atoms with Crippen LogP contribution in [0.1, 0.15) is 10.4 Å². The second-order valence-electron chi connectivity index (χ2n) is 5.51. The lowest BCUT2D eigenvalue weighted by Gasteiger charge is -2.13. The van der Waals surface area contributed by atoms with Gasteiger partial charge in [-0.25, -0.2) is 8.42 Å². The van der Waals surface area contributed by atoms with E-state index in [2.05, 4.69) is 4.72 Å². The van der Waals surface area contributed by atoms with Crippen LogP contribution in [0.3, 0.4) is 0 Å². The first-order valence-corrected chi connectivity index (χ1v) is 9.08. The van der Waals surface area contributed by atoms with E-state index in [1.165, 1.54) is 41.3 Å². The van der Waals surface area contributed by atoms with Crippen LogP contribution in [-0.2, 0) is 10.0 Å². The normalized spacial score (nSPS) is 12.8. The van der Waals surface area contributed by atoms with E-state index < -0.39 is 10.0 Å². The first-order valence-electron chi connectivity index (χ1n) is 7.21. The Morgan fingerprint density at radius 3 is 2.52 bits per heavy atom. The predicted octanol–water partition coefficient (Wildman–Crippen LogP) is 2.57. The van der Waals surface area contributed by atoms with Gasteiger partial charge < -0.3 is 14.4 Å². The van der Waals surface area contributed by atoms with Gasteiger partial charge in [-0.05, 0) is 30.3 Å². The molecule has 0 fully saturated rings. The maximum absolute atomic E-state index is 12.5. The van der Waals surface area contributed by atoms with E-state index in [4.69, 9.17) is 21.1 Å². The van der Waals surface area contributed by atoms with Gasteiger partial charge in [0.05, 0.1) is 21.2 Å². The number of anilines is 1. The van der Waals surface area contributed by atoms with Crippen LogP contribution in [-0.4, -0.2) is 40.1 Å². The summed E-state index contributed by atoms with van der Waals surface area (Å²) in [6.45, 7) is 0.0588. The van der Waals surface area contributed by atoms with Crippen LogP contribution < -0.4 is 14.2 Å². The molecule has 0 spiro atoms. The minimum atomic E-state index is -3.84. The Morgan fingerprint density at radius 2 is 1.84 bits per heavy atom. The number of halogens is 1. The number of ether oxygens (including phenoxy) is 2. The fourth-order valence-electron chi connectivity index (χ4n) is 2.25. The molecule has 2 aromatic rings. The van der Waals surface area contributed by atoms with Gasteiger partial charge in [-0.1, -0.05) is 11.6 Å². The number of fused-ring (bicyclic) bond motifs is 1. The zero-order valence-corrected chi connectivity index (χ0v) is 15.0. The first kappa shape index (κ1) is 17.4. The summed E-state index contributed by atoms with van der Waals surface area (Å²) in [4.78, 5) is 13.4. The topological polar surface area (TPSA) is 84.9 Å². The minimum Gasteiger partial charge on any atom is -0.454 e. The SMILES string of the molecule is CN(C)C(=O)c1ccc(NS(=O)(=O)c2ccc3c(c2)OCO3)cc1Cl. The third-order valence-electron chi connectivity index (χ3n) is 3.51. The summed E-state index contributed by atoms with van der Waals surface area (Å²) >= 11 is 6.10. The van der Waals surface area contributed by atoms with Crippen LogP contribution in [0.2, 0.25) is 5.02 Å². The van der Waals surface area contributed by atoms with Crippen molar-refractivity contribution in [3.63, 3.8) is 0 Å². The zero-order valence-electron chi connectivity index (χ0n) is 13.4. The molecular formula is C16H15ClN2O5S. The number of benzene rings is 2. The number of hydrogen-bond acceptors (Lipinski definition) is 5. The van der Waals surface area contributed by atoms with Crippen molar-refractivity contribution in [3.8, 4) is 11.5 Å². The van der Waals surface area contributed by atoms with E-state index in [1.807, 2.05) is 0 Å². The van der Waals surface area contributed by atoms with E-state index in [1.54, 1.807) is 14.1 Å². The monoisotopic (exact) mass is 382 g/mol. The van der Waals surface area contributed by atoms with Crippen molar-refractivity contribution >= 4 is 33.2 Å². The van der Waals surface area contributed by atoms with E-state index in [9.17, 15) is 13.2 Å². The van der Waals surface area contributed by atoms with Crippen molar-refractivity contribution in [1.82, 2.24) is 4.90 Å². The van der Waals surface area contributed by atoms with E-state index in [-0.39, 0.29) is 33.9 Å². The average molecular weight is 383 g/mol. The lowest BCUT2D eigenvalue weighted by Crippen LogP contribution is -2.22. The molecule has 1 N–H and O–H groups in total. The van der Waals surface area contributed by atoms with Crippen molar-refractivity contribution in [2.24, 2.45) is 0 Å². The van der Waals surface area contributed by atoms with Crippen molar-refractivity contribution in [2.45, 2.75) is 4.90 Å². The number of hydrogen-bond donors (Lipinski definition) is 1. The van der Waals surface area contributed by atoms with Crippen molar-refractivity contribution < 1.29 is 22.7 Å². The fraction of sp³-hybridized carbons (Fsp3) is 0.188. The fourth-order valence-corrected chi connectivity index (χ4v) is 3.58. The molecule has 0 saturated carbocycles. The van der Waals surface area contributed by atoms with Gasteiger partial charge in [-0.3, -0.25) is 9.52 Å². The quantitative estimate of drug-likeness (QED) is 0.878. The van der Waals surface area contributed by atoms with Crippen molar-refractivity contribution in [3.05, 3.63) is 47.0 Å². The number of rotatable bonds is 4. The first-order chi connectivity index (χ1) is 11.8. The van der Waals surface area contributed by atoms with Gasteiger partial charge in [-0.2, -0.15) is 0 Å². The molecule has 132 valence electrons. The third kappa shape index (κ3) is 3.49. The van der Waals surface area contributed by atoms with Crippen LogP contribution in [0.15, 0.2) is 41.3 Å². The molecule has 0 unspecified atom stereocenters. The van der Waals surface area contributed by atoms with Gasteiger partial charge in [0, 0.05) is 20.2 Å². The van der Waals surface area contributed by atoms with Gasteiger partial charge in [0.2, 0.25) is 6.79 Å². The molecule has 0 aliphatic carbocycles. The highest BCUT2D eigenvalue weighted by Crippen LogP contribution is 2.34. The van der Waals surface area contributed by atoms with E-state index in [0.717, 1.165) is 0 Å². The summed E-state index contributed by atoms with van der Waals surface area (Å²) in [6.07, 6.45) is 0. The van der Waals surface area contributed by atoms with Gasteiger partial charge in [-0.15, -0.1) is 0 Å². The van der Waals surface area contributed by atoms with Gasteiger partial charge >= 0.3 is 0 Å². The molecule has 0 aromatic heterocycles. The Kier molecular flexibility index (Phi) is 4.49. The number of carbonyl (C=O) groups excluding carboxylic acids is 1. The largest absolute Gasteiger partial charge is 0.454 e. The van der Waals surface area contributed by atoms with Gasteiger partial charge in [0.25, 0.3) is 15.9 Å². The zero-order chi connectivity index (χ0) is 18.2. The van der Waals surface area contributed by atoms with Crippen LogP contribution in [0.25, 0.3) is 0 Å². The molecule has 25 heavy (non-hydrogen) atoms. The molecule has 7 nitrogen and oxygen atoms in total. The number of nitrogens with one attached hydrogen (secondary N) is 1. The second-order valence-corrected chi connectivity index (χ2v) is 7.60. The minimum absolute atomic E-state index is 0.0290. The van der Waals surface area contributed by atoms with E-state index >= 15 is 0 Å². The highest BCUT2D eigenvalue weighted by atomic mass is 35.5. The Hall–Kier alpha value is -2.45. The van der Waals surface area contributed by atoms with Crippen LogP contribution in [0.4, 0.5) is 5.69 Å². The van der Waals surface area contributed by atoms with Crippen LogP contribution >= 0.6 is 11.6 Å². The molecule has 1 aliphatic rings. The number of amides is 1. The smallest absolute Gasteiger partial charge is 0.262 e. The summed E-state index contributed by atoms with van der Waals surface area (Å²) in [5, 5.41) is 0.157.